The molecular formula is C16H25F2N. The number of hydrogen-bond acceptors (Lipinski definition) is 1. The first-order chi connectivity index (χ1) is 9.06. The van der Waals surface area contributed by atoms with Gasteiger partial charge in [0.15, 0.2) is 0 Å². The smallest absolute Gasteiger partial charge is 0.126 e. The lowest BCUT2D eigenvalue weighted by Crippen LogP contribution is -2.36. The predicted molar refractivity (Wildman–Crippen MR) is 76.2 cm³/mol. The Balaban J connectivity index is 2.84. The van der Waals surface area contributed by atoms with Crippen molar-refractivity contribution in [3.63, 3.8) is 0 Å². The van der Waals surface area contributed by atoms with E-state index in [0.717, 1.165) is 32.4 Å². The Bertz CT molecular complexity index is 386. The molecule has 0 aliphatic rings. The topological polar surface area (TPSA) is 12.0 Å². The molecule has 1 N–H and O–H groups in total. The van der Waals surface area contributed by atoms with Crippen molar-refractivity contribution < 1.29 is 8.78 Å². The van der Waals surface area contributed by atoms with E-state index < -0.39 is 0 Å². The van der Waals surface area contributed by atoms with Crippen molar-refractivity contribution in [3.8, 4) is 0 Å². The lowest BCUT2D eigenvalue weighted by molar-refractivity contribution is 0.244. The standard InChI is InChI=1S/C16H25F2N/c1-4-9-19-12-16(5-2,6-3)11-13-10-14(17)7-8-15(13)18/h7-8,10,19H,4-6,9,11-12H2,1-3H3. The molecule has 0 aliphatic heterocycles. The van der Waals surface area contributed by atoms with Crippen LogP contribution in [0.25, 0.3) is 0 Å². The molecule has 3 heteroatoms. The molecule has 0 amide bonds. The zero-order valence-electron chi connectivity index (χ0n) is 12.2. The summed E-state index contributed by atoms with van der Waals surface area (Å²) in [4.78, 5) is 0. The summed E-state index contributed by atoms with van der Waals surface area (Å²) >= 11 is 0. The molecule has 0 bridgehead atoms. The molecule has 19 heavy (non-hydrogen) atoms. The average molecular weight is 269 g/mol. The largest absolute Gasteiger partial charge is 0.316 e. The normalized spacial score (nSPS) is 11.8. The summed E-state index contributed by atoms with van der Waals surface area (Å²) in [5, 5.41) is 3.42. The SMILES string of the molecule is CCCNCC(CC)(CC)Cc1cc(F)ccc1F. The van der Waals surface area contributed by atoms with Crippen LogP contribution in [0.2, 0.25) is 0 Å². The van der Waals surface area contributed by atoms with Crippen LogP contribution in [0, 0.1) is 17.0 Å². The Kier molecular flexibility index (Phi) is 6.43. The van der Waals surface area contributed by atoms with E-state index in [9.17, 15) is 8.78 Å². The maximum atomic E-state index is 13.8. The van der Waals surface area contributed by atoms with Gasteiger partial charge in [0.2, 0.25) is 0 Å². The van der Waals surface area contributed by atoms with Crippen molar-refractivity contribution in [2.45, 2.75) is 46.5 Å². The molecule has 1 aromatic carbocycles. The third-order valence-corrected chi connectivity index (χ3v) is 4.00. The monoisotopic (exact) mass is 269 g/mol. The zero-order chi connectivity index (χ0) is 14.3. The molecule has 0 aliphatic carbocycles. The van der Waals surface area contributed by atoms with Crippen LogP contribution in [0.5, 0.6) is 0 Å². The summed E-state index contributed by atoms with van der Waals surface area (Å²) < 4.78 is 27.0. The van der Waals surface area contributed by atoms with Crippen molar-refractivity contribution in [2.75, 3.05) is 13.1 Å². The van der Waals surface area contributed by atoms with Crippen molar-refractivity contribution in [1.29, 1.82) is 0 Å². The minimum absolute atomic E-state index is 0.00377. The van der Waals surface area contributed by atoms with Gasteiger partial charge in [0, 0.05) is 6.54 Å². The van der Waals surface area contributed by atoms with Gasteiger partial charge in [-0.25, -0.2) is 8.78 Å². The predicted octanol–water partition coefficient (Wildman–Crippen LogP) is 4.31. The van der Waals surface area contributed by atoms with Crippen molar-refractivity contribution in [2.24, 2.45) is 5.41 Å². The van der Waals surface area contributed by atoms with Gasteiger partial charge >= 0.3 is 0 Å². The zero-order valence-corrected chi connectivity index (χ0v) is 12.2. The van der Waals surface area contributed by atoms with E-state index in [1.807, 2.05) is 0 Å². The lowest BCUT2D eigenvalue weighted by Gasteiger charge is -2.32. The Labute approximate surface area is 115 Å². The first-order valence-corrected chi connectivity index (χ1v) is 7.21. The van der Waals surface area contributed by atoms with Gasteiger partial charge in [-0.2, -0.15) is 0 Å². The molecule has 1 rings (SSSR count). The van der Waals surface area contributed by atoms with Gasteiger partial charge in [0.25, 0.3) is 0 Å². The molecule has 0 unspecified atom stereocenters. The average Bonchev–Trinajstić information content (AvgIpc) is 2.42. The van der Waals surface area contributed by atoms with E-state index in [4.69, 9.17) is 0 Å². The summed E-state index contributed by atoms with van der Waals surface area (Å²) in [6.45, 7) is 8.18. The quantitative estimate of drug-likeness (QED) is 0.693. The molecule has 0 aromatic heterocycles. The van der Waals surface area contributed by atoms with Gasteiger partial charge < -0.3 is 5.32 Å². The van der Waals surface area contributed by atoms with E-state index in [1.54, 1.807) is 0 Å². The summed E-state index contributed by atoms with van der Waals surface area (Å²) in [5.41, 5.74) is 0.492. The van der Waals surface area contributed by atoms with Crippen molar-refractivity contribution >= 4 is 0 Å². The maximum absolute atomic E-state index is 13.8. The van der Waals surface area contributed by atoms with E-state index >= 15 is 0 Å². The molecule has 1 nitrogen and oxygen atoms in total. The van der Waals surface area contributed by atoms with E-state index in [0.29, 0.717) is 12.0 Å². The van der Waals surface area contributed by atoms with Gasteiger partial charge in [0.05, 0.1) is 0 Å². The van der Waals surface area contributed by atoms with E-state index in [-0.39, 0.29) is 17.0 Å². The number of rotatable bonds is 8. The van der Waals surface area contributed by atoms with E-state index in [2.05, 4.69) is 26.1 Å². The fraction of sp³-hybridized carbons (Fsp3) is 0.625. The van der Waals surface area contributed by atoms with Crippen LogP contribution in [-0.4, -0.2) is 13.1 Å². The van der Waals surface area contributed by atoms with Crippen LogP contribution in [0.1, 0.15) is 45.6 Å². The second kappa shape index (κ2) is 7.59. The molecule has 1 aromatic rings. The highest BCUT2D eigenvalue weighted by Gasteiger charge is 2.27. The molecule has 0 atom stereocenters. The van der Waals surface area contributed by atoms with Gasteiger partial charge in [0.1, 0.15) is 11.6 Å². The Morgan fingerprint density at radius 3 is 2.37 bits per heavy atom. The third kappa shape index (κ3) is 4.57. The van der Waals surface area contributed by atoms with Crippen LogP contribution in [-0.2, 0) is 6.42 Å². The Morgan fingerprint density at radius 2 is 1.79 bits per heavy atom. The van der Waals surface area contributed by atoms with Crippen LogP contribution in [0.15, 0.2) is 18.2 Å². The summed E-state index contributed by atoms with van der Waals surface area (Å²) in [6, 6.07) is 3.73. The molecule has 0 saturated carbocycles. The summed E-state index contributed by atoms with van der Waals surface area (Å²) in [6.07, 6.45) is 3.57. The second-order valence-corrected chi connectivity index (χ2v) is 5.30. The number of hydrogen-bond donors (Lipinski definition) is 1. The second-order valence-electron chi connectivity index (χ2n) is 5.30. The Morgan fingerprint density at radius 1 is 1.11 bits per heavy atom. The molecule has 0 radical (unpaired) electrons. The molecular weight excluding hydrogens is 244 g/mol. The third-order valence-electron chi connectivity index (χ3n) is 4.00. The van der Waals surface area contributed by atoms with E-state index in [1.165, 1.54) is 18.2 Å². The molecule has 0 fully saturated rings. The summed E-state index contributed by atoms with van der Waals surface area (Å²) in [5.74, 6) is -0.665. The van der Waals surface area contributed by atoms with Crippen LogP contribution < -0.4 is 5.32 Å². The fourth-order valence-corrected chi connectivity index (χ4v) is 2.43. The first-order valence-electron chi connectivity index (χ1n) is 7.21. The van der Waals surface area contributed by atoms with Crippen molar-refractivity contribution in [3.05, 3.63) is 35.4 Å². The number of halogens is 2. The number of benzene rings is 1. The van der Waals surface area contributed by atoms with Crippen LogP contribution in [0.4, 0.5) is 8.78 Å². The Hall–Kier alpha value is -0.960. The maximum Gasteiger partial charge on any atom is 0.126 e. The summed E-state index contributed by atoms with van der Waals surface area (Å²) in [7, 11) is 0. The highest BCUT2D eigenvalue weighted by Crippen LogP contribution is 2.31. The molecule has 108 valence electrons. The molecule has 0 spiro atoms. The minimum Gasteiger partial charge on any atom is -0.316 e. The lowest BCUT2D eigenvalue weighted by atomic mass is 9.76. The van der Waals surface area contributed by atoms with Crippen molar-refractivity contribution in [1.82, 2.24) is 5.32 Å². The van der Waals surface area contributed by atoms with Gasteiger partial charge in [-0.05, 0) is 61.4 Å². The first kappa shape index (κ1) is 16.1. The minimum atomic E-state index is -0.362. The van der Waals surface area contributed by atoms with Gasteiger partial charge in [-0.15, -0.1) is 0 Å². The van der Waals surface area contributed by atoms with Crippen LogP contribution >= 0.6 is 0 Å². The molecule has 0 saturated heterocycles. The fourth-order valence-electron chi connectivity index (χ4n) is 2.43. The van der Waals surface area contributed by atoms with Crippen LogP contribution in [0.3, 0.4) is 0 Å². The van der Waals surface area contributed by atoms with Gasteiger partial charge in [-0.1, -0.05) is 20.8 Å². The van der Waals surface area contributed by atoms with Gasteiger partial charge in [-0.3, -0.25) is 0 Å². The highest BCUT2D eigenvalue weighted by atomic mass is 19.1. The highest BCUT2D eigenvalue weighted by molar-refractivity contribution is 5.20. The number of nitrogens with one attached hydrogen (secondary N) is 1. The molecule has 0 heterocycles.